The van der Waals surface area contributed by atoms with Gasteiger partial charge in [0, 0.05) is 40.9 Å². The van der Waals surface area contributed by atoms with Crippen LogP contribution in [-0.4, -0.2) is 10.6 Å². The van der Waals surface area contributed by atoms with Crippen molar-refractivity contribution in [2.75, 3.05) is 0 Å². The van der Waals surface area contributed by atoms with E-state index in [9.17, 15) is 0 Å². The summed E-state index contributed by atoms with van der Waals surface area (Å²) in [7, 11) is 0. The number of nitrogens with zero attached hydrogens (tertiary/aromatic N) is 1. The molecule has 1 aromatic heterocycles. The van der Waals surface area contributed by atoms with Gasteiger partial charge in [0.15, 0.2) is 0 Å². The van der Waals surface area contributed by atoms with Gasteiger partial charge in [-0.25, -0.2) is 0 Å². The number of benzene rings is 2. The van der Waals surface area contributed by atoms with Crippen molar-refractivity contribution in [2.24, 2.45) is 0 Å². The number of fused-ring (bicyclic) bond motifs is 3. The third-order valence-electron chi connectivity index (χ3n) is 4.42. The number of hydrogen-bond acceptors (Lipinski definition) is 1. The zero-order valence-electron chi connectivity index (χ0n) is 13.6. The molecule has 2 aromatic carbocycles. The van der Waals surface area contributed by atoms with E-state index in [0.717, 1.165) is 19.5 Å². The molecule has 0 aliphatic carbocycles. The van der Waals surface area contributed by atoms with Crippen molar-refractivity contribution in [3.8, 4) is 0 Å². The van der Waals surface area contributed by atoms with Crippen molar-refractivity contribution >= 4 is 34.2 Å². The molecule has 3 rings (SSSR count). The standard InChI is InChI=1S/C19H24N2.ClH/c1-4-14(3)20-13-15-10-11-19-17(12-15)16-8-6-7-9-18(16)21(19)5-2;/h6-12,14,20H,4-5,13H2,1-3H3;1H. The molecule has 1 heterocycles. The van der Waals surface area contributed by atoms with E-state index >= 15 is 0 Å². The summed E-state index contributed by atoms with van der Waals surface area (Å²) in [4.78, 5) is 0. The second-order valence-electron chi connectivity index (χ2n) is 5.80. The maximum atomic E-state index is 3.58. The molecule has 3 heteroatoms. The number of aryl methyl sites for hydroxylation is 1. The highest BCUT2D eigenvalue weighted by Gasteiger charge is 2.09. The normalized spacial score (nSPS) is 12.5. The average Bonchev–Trinajstić information content (AvgIpc) is 2.85. The SMILES string of the molecule is CCC(C)NCc1ccc2c(c1)c1ccccc1n2CC.Cl. The van der Waals surface area contributed by atoms with Gasteiger partial charge in [-0.15, -0.1) is 12.4 Å². The lowest BCUT2D eigenvalue weighted by molar-refractivity contribution is 0.534. The topological polar surface area (TPSA) is 17.0 Å². The van der Waals surface area contributed by atoms with Crippen molar-refractivity contribution < 1.29 is 0 Å². The first-order valence-corrected chi connectivity index (χ1v) is 7.97. The second kappa shape index (κ2) is 7.17. The van der Waals surface area contributed by atoms with E-state index in [0.29, 0.717) is 6.04 Å². The number of para-hydroxylation sites is 1. The van der Waals surface area contributed by atoms with Crippen LogP contribution < -0.4 is 5.32 Å². The van der Waals surface area contributed by atoms with Crippen LogP contribution in [0.15, 0.2) is 42.5 Å². The Hall–Kier alpha value is -1.51. The first kappa shape index (κ1) is 16.9. The molecule has 22 heavy (non-hydrogen) atoms. The molecule has 0 bridgehead atoms. The van der Waals surface area contributed by atoms with Crippen LogP contribution in [0.1, 0.15) is 32.8 Å². The molecular formula is C19H25ClN2. The van der Waals surface area contributed by atoms with Crippen LogP contribution >= 0.6 is 12.4 Å². The van der Waals surface area contributed by atoms with Gasteiger partial charge in [0.2, 0.25) is 0 Å². The number of hydrogen-bond donors (Lipinski definition) is 1. The van der Waals surface area contributed by atoms with Crippen molar-refractivity contribution in [3.63, 3.8) is 0 Å². The minimum Gasteiger partial charge on any atom is -0.341 e. The van der Waals surface area contributed by atoms with Crippen molar-refractivity contribution in [1.82, 2.24) is 9.88 Å². The highest BCUT2D eigenvalue weighted by atomic mass is 35.5. The zero-order valence-corrected chi connectivity index (χ0v) is 14.4. The summed E-state index contributed by atoms with van der Waals surface area (Å²) in [6.45, 7) is 8.62. The Morgan fingerprint density at radius 3 is 2.45 bits per heavy atom. The van der Waals surface area contributed by atoms with E-state index in [2.05, 4.69) is 73.1 Å². The lowest BCUT2D eigenvalue weighted by Crippen LogP contribution is -2.24. The molecule has 2 nitrogen and oxygen atoms in total. The Morgan fingerprint density at radius 1 is 1.00 bits per heavy atom. The highest BCUT2D eigenvalue weighted by Crippen LogP contribution is 2.29. The van der Waals surface area contributed by atoms with Gasteiger partial charge in [0.1, 0.15) is 0 Å². The van der Waals surface area contributed by atoms with E-state index in [1.54, 1.807) is 0 Å². The van der Waals surface area contributed by atoms with Crippen LogP contribution in [0.4, 0.5) is 0 Å². The Bertz CT molecular complexity index is 761. The molecular weight excluding hydrogens is 292 g/mol. The molecule has 0 aliphatic rings. The van der Waals surface area contributed by atoms with Gasteiger partial charge in [0.05, 0.1) is 0 Å². The van der Waals surface area contributed by atoms with Crippen molar-refractivity contribution in [3.05, 3.63) is 48.0 Å². The van der Waals surface area contributed by atoms with E-state index in [-0.39, 0.29) is 12.4 Å². The molecule has 0 amide bonds. The first-order chi connectivity index (χ1) is 10.2. The minimum absolute atomic E-state index is 0. The Labute approximate surface area is 138 Å². The number of halogens is 1. The van der Waals surface area contributed by atoms with E-state index < -0.39 is 0 Å². The summed E-state index contributed by atoms with van der Waals surface area (Å²) in [5.41, 5.74) is 4.04. The molecule has 0 radical (unpaired) electrons. The largest absolute Gasteiger partial charge is 0.341 e. The molecule has 3 aromatic rings. The summed E-state index contributed by atoms with van der Waals surface area (Å²) >= 11 is 0. The summed E-state index contributed by atoms with van der Waals surface area (Å²) < 4.78 is 2.40. The molecule has 0 saturated heterocycles. The van der Waals surface area contributed by atoms with E-state index in [4.69, 9.17) is 0 Å². The predicted molar refractivity (Wildman–Crippen MR) is 99.0 cm³/mol. The molecule has 0 spiro atoms. The second-order valence-corrected chi connectivity index (χ2v) is 5.80. The summed E-state index contributed by atoms with van der Waals surface area (Å²) in [5.74, 6) is 0. The zero-order chi connectivity index (χ0) is 14.8. The Balaban J connectivity index is 0.00000176. The summed E-state index contributed by atoms with van der Waals surface area (Å²) in [6.07, 6.45) is 1.16. The smallest absolute Gasteiger partial charge is 0.0491 e. The quantitative estimate of drug-likeness (QED) is 0.691. The predicted octanol–water partition coefficient (Wildman–Crippen LogP) is 5.12. The van der Waals surface area contributed by atoms with Gasteiger partial charge < -0.3 is 9.88 Å². The van der Waals surface area contributed by atoms with Gasteiger partial charge in [-0.2, -0.15) is 0 Å². The highest BCUT2D eigenvalue weighted by molar-refractivity contribution is 6.08. The van der Waals surface area contributed by atoms with E-state index in [1.807, 2.05) is 0 Å². The van der Waals surface area contributed by atoms with Crippen LogP contribution in [-0.2, 0) is 13.1 Å². The maximum Gasteiger partial charge on any atom is 0.0491 e. The fourth-order valence-electron chi connectivity index (χ4n) is 2.99. The monoisotopic (exact) mass is 316 g/mol. The van der Waals surface area contributed by atoms with Crippen molar-refractivity contribution in [2.45, 2.75) is 46.3 Å². The number of rotatable bonds is 5. The van der Waals surface area contributed by atoms with Crippen LogP contribution in [0.5, 0.6) is 0 Å². The molecule has 118 valence electrons. The summed E-state index contributed by atoms with van der Waals surface area (Å²) in [6, 6.07) is 16.1. The molecule has 1 unspecified atom stereocenters. The van der Waals surface area contributed by atoms with Crippen LogP contribution in [0.2, 0.25) is 0 Å². The Morgan fingerprint density at radius 2 is 1.73 bits per heavy atom. The van der Waals surface area contributed by atoms with E-state index in [1.165, 1.54) is 27.4 Å². The van der Waals surface area contributed by atoms with Crippen LogP contribution in [0.25, 0.3) is 21.8 Å². The van der Waals surface area contributed by atoms with Gasteiger partial charge >= 0.3 is 0 Å². The van der Waals surface area contributed by atoms with Crippen molar-refractivity contribution in [1.29, 1.82) is 0 Å². The van der Waals surface area contributed by atoms with Crippen LogP contribution in [0.3, 0.4) is 0 Å². The minimum atomic E-state index is 0. The average molecular weight is 317 g/mol. The maximum absolute atomic E-state index is 3.58. The number of nitrogens with one attached hydrogen (secondary N) is 1. The molecule has 1 N–H and O–H groups in total. The molecule has 0 saturated carbocycles. The fourth-order valence-corrected chi connectivity index (χ4v) is 2.99. The Kier molecular flexibility index (Phi) is 5.49. The lowest BCUT2D eigenvalue weighted by atomic mass is 10.1. The third-order valence-corrected chi connectivity index (χ3v) is 4.42. The molecule has 0 aliphatic heterocycles. The molecule has 1 atom stereocenters. The first-order valence-electron chi connectivity index (χ1n) is 7.97. The summed E-state index contributed by atoms with van der Waals surface area (Å²) in [5, 5.41) is 6.31. The van der Waals surface area contributed by atoms with Gasteiger partial charge in [-0.3, -0.25) is 0 Å². The lowest BCUT2D eigenvalue weighted by Gasteiger charge is -2.11. The molecule has 0 fully saturated rings. The van der Waals surface area contributed by atoms with Gasteiger partial charge in [-0.05, 0) is 44.0 Å². The van der Waals surface area contributed by atoms with Crippen LogP contribution in [0, 0.1) is 0 Å². The van der Waals surface area contributed by atoms with Gasteiger partial charge in [0.25, 0.3) is 0 Å². The third kappa shape index (κ3) is 2.99. The number of aromatic nitrogens is 1. The fraction of sp³-hybridized carbons (Fsp3) is 0.368. The van der Waals surface area contributed by atoms with Gasteiger partial charge in [-0.1, -0.05) is 31.2 Å².